The summed E-state index contributed by atoms with van der Waals surface area (Å²) in [5.74, 6) is 0. The highest BCUT2D eigenvalue weighted by molar-refractivity contribution is 6.33. The molecule has 2 rings (SSSR count). The van der Waals surface area contributed by atoms with Crippen LogP contribution in [0, 0.1) is 0 Å². The molecule has 1 heterocycles. The monoisotopic (exact) mass is 275 g/mol. The smallest absolute Gasteiger partial charge is 0.0642 e. The van der Waals surface area contributed by atoms with E-state index >= 15 is 0 Å². The third-order valence-electron chi connectivity index (χ3n) is 3.14. The quantitative estimate of drug-likeness (QED) is 0.912. The summed E-state index contributed by atoms with van der Waals surface area (Å²) in [6.07, 6.45) is 4.60. The predicted molar refractivity (Wildman–Crippen MR) is 80.6 cm³/mol. The number of rotatable bonds is 5. The fourth-order valence-electron chi connectivity index (χ4n) is 1.95. The zero-order chi connectivity index (χ0) is 13.7. The molecule has 0 spiro atoms. The molecule has 0 unspecified atom stereocenters. The molecule has 4 heteroatoms. The van der Waals surface area contributed by atoms with Crippen LogP contribution < -0.4 is 10.6 Å². The third kappa shape index (κ3) is 3.69. The molecule has 0 amide bonds. The minimum Gasteiger partial charge on any atom is -0.373 e. The van der Waals surface area contributed by atoms with Crippen LogP contribution >= 0.6 is 11.6 Å². The van der Waals surface area contributed by atoms with E-state index in [0.717, 1.165) is 29.2 Å². The second kappa shape index (κ2) is 6.55. The summed E-state index contributed by atoms with van der Waals surface area (Å²) in [4.78, 5) is 6.17. The fraction of sp³-hybridized carbons (Fsp3) is 0.267. The molecule has 2 aromatic rings. The summed E-state index contributed by atoms with van der Waals surface area (Å²) in [6, 6.07) is 10.0. The number of hydrogen-bond acceptors (Lipinski definition) is 3. The number of hydrogen-bond donors (Lipinski definition) is 1. The van der Waals surface area contributed by atoms with Crippen molar-refractivity contribution in [2.24, 2.45) is 5.73 Å². The highest BCUT2D eigenvalue weighted by atomic mass is 35.5. The zero-order valence-corrected chi connectivity index (χ0v) is 11.8. The van der Waals surface area contributed by atoms with Crippen LogP contribution in [0.2, 0.25) is 5.02 Å². The first-order chi connectivity index (χ1) is 9.20. The van der Waals surface area contributed by atoms with Gasteiger partial charge >= 0.3 is 0 Å². The molecule has 0 aliphatic heterocycles. The minimum atomic E-state index is 0.515. The van der Waals surface area contributed by atoms with Crippen molar-refractivity contribution in [3.63, 3.8) is 0 Å². The van der Waals surface area contributed by atoms with Gasteiger partial charge in [0.25, 0.3) is 0 Å². The van der Waals surface area contributed by atoms with Crippen molar-refractivity contribution in [3.05, 3.63) is 58.9 Å². The van der Waals surface area contributed by atoms with E-state index in [9.17, 15) is 0 Å². The summed E-state index contributed by atoms with van der Waals surface area (Å²) < 4.78 is 0. The molecular formula is C15H18ClN3. The second-order valence-electron chi connectivity index (χ2n) is 4.52. The third-order valence-corrected chi connectivity index (χ3v) is 3.45. The lowest BCUT2D eigenvalue weighted by molar-refractivity contribution is 0.874. The normalized spacial score (nSPS) is 10.5. The van der Waals surface area contributed by atoms with Crippen molar-refractivity contribution >= 4 is 17.3 Å². The molecule has 100 valence electrons. The Morgan fingerprint density at radius 2 is 1.89 bits per heavy atom. The molecule has 1 aromatic heterocycles. The Labute approximate surface area is 119 Å². The molecule has 0 aliphatic carbocycles. The van der Waals surface area contributed by atoms with Crippen LogP contribution in [0.4, 0.5) is 5.69 Å². The molecule has 0 atom stereocenters. The lowest BCUT2D eigenvalue weighted by atomic mass is 10.1. The maximum atomic E-state index is 6.28. The van der Waals surface area contributed by atoms with Gasteiger partial charge in [-0.3, -0.25) is 4.98 Å². The van der Waals surface area contributed by atoms with Crippen molar-refractivity contribution in [1.82, 2.24) is 4.98 Å². The minimum absolute atomic E-state index is 0.515. The summed E-state index contributed by atoms with van der Waals surface area (Å²) in [6.45, 7) is 1.42. The number of anilines is 1. The van der Waals surface area contributed by atoms with Crippen LogP contribution in [0.25, 0.3) is 0 Å². The SMILES string of the molecule is CN(CCc1ccncc1)c1ccc(CN)cc1Cl. The first kappa shape index (κ1) is 13.8. The van der Waals surface area contributed by atoms with E-state index in [2.05, 4.69) is 9.88 Å². The number of pyridine rings is 1. The Kier molecular flexibility index (Phi) is 4.77. The van der Waals surface area contributed by atoms with E-state index in [-0.39, 0.29) is 0 Å². The van der Waals surface area contributed by atoms with Crippen molar-refractivity contribution in [2.75, 3.05) is 18.5 Å². The first-order valence-corrected chi connectivity index (χ1v) is 6.67. The average Bonchev–Trinajstić information content (AvgIpc) is 2.45. The summed E-state index contributed by atoms with van der Waals surface area (Å²) in [7, 11) is 2.05. The molecule has 0 aliphatic rings. The van der Waals surface area contributed by atoms with Crippen LogP contribution in [-0.2, 0) is 13.0 Å². The maximum Gasteiger partial charge on any atom is 0.0642 e. The molecule has 0 bridgehead atoms. The highest BCUT2D eigenvalue weighted by Gasteiger charge is 2.06. The van der Waals surface area contributed by atoms with Gasteiger partial charge in [0.2, 0.25) is 0 Å². The van der Waals surface area contributed by atoms with Crippen molar-refractivity contribution in [3.8, 4) is 0 Å². The van der Waals surface area contributed by atoms with Gasteiger partial charge in [-0.2, -0.15) is 0 Å². The van der Waals surface area contributed by atoms with Crippen molar-refractivity contribution < 1.29 is 0 Å². The van der Waals surface area contributed by atoms with Crippen molar-refractivity contribution in [1.29, 1.82) is 0 Å². The Morgan fingerprint density at radius 3 is 2.53 bits per heavy atom. The van der Waals surface area contributed by atoms with Gasteiger partial charge in [0, 0.05) is 32.5 Å². The molecule has 0 fully saturated rings. The van der Waals surface area contributed by atoms with Crippen LogP contribution in [0.5, 0.6) is 0 Å². The molecule has 3 nitrogen and oxygen atoms in total. The molecule has 19 heavy (non-hydrogen) atoms. The van der Waals surface area contributed by atoms with Crippen molar-refractivity contribution in [2.45, 2.75) is 13.0 Å². The Bertz CT molecular complexity index is 528. The van der Waals surface area contributed by atoms with Gasteiger partial charge in [0.05, 0.1) is 10.7 Å². The number of aromatic nitrogens is 1. The first-order valence-electron chi connectivity index (χ1n) is 6.29. The number of nitrogens with zero attached hydrogens (tertiary/aromatic N) is 2. The van der Waals surface area contributed by atoms with E-state index in [0.29, 0.717) is 6.54 Å². The number of benzene rings is 1. The Balaban J connectivity index is 2.02. The zero-order valence-electron chi connectivity index (χ0n) is 11.0. The second-order valence-corrected chi connectivity index (χ2v) is 4.92. The summed E-state index contributed by atoms with van der Waals surface area (Å²) in [5.41, 5.74) is 8.96. The van der Waals surface area contributed by atoms with Gasteiger partial charge in [0.1, 0.15) is 0 Å². The van der Waals surface area contributed by atoms with Gasteiger partial charge in [0.15, 0.2) is 0 Å². The summed E-state index contributed by atoms with van der Waals surface area (Å²) >= 11 is 6.28. The van der Waals surface area contributed by atoms with Gasteiger partial charge in [-0.05, 0) is 41.8 Å². The topological polar surface area (TPSA) is 42.2 Å². The van der Waals surface area contributed by atoms with Gasteiger partial charge in [-0.15, -0.1) is 0 Å². The lowest BCUT2D eigenvalue weighted by Crippen LogP contribution is -2.20. The number of likely N-dealkylation sites (N-methyl/N-ethyl adjacent to an activating group) is 1. The average molecular weight is 276 g/mol. The molecule has 1 aromatic carbocycles. The maximum absolute atomic E-state index is 6.28. The van der Waals surface area contributed by atoms with E-state index in [4.69, 9.17) is 17.3 Å². The number of nitrogens with two attached hydrogens (primary N) is 1. The highest BCUT2D eigenvalue weighted by Crippen LogP contribution is 2.26. The van der Waals surface area contributed by atoms with Crippen LogP contribution in [0.3, 0.4) is 0 Å². The van der Waals surface area contributed by atoms with E-state index in [1.54, 1.807) is 0 Å². The molecule has 2 N–H and O–H groups in total. The predicted octanol–water partition coefficient (Wildman–Crippen LogP) is 2.87. The van der Waals surface area contributed by atoms with Crippen LogP contribution in [-0.4, -0.2) is 18.6 Å². The fourth-order valence-corrected chi connectivity index (χ4v) is 2.30. The lowest BCUT2D eigenvalue weighted by Gasteiger charge is -2.21. The summed E-state index contributed by atoms with van der Waals surface area (Å²) in [5, 5.41) is 0.750. The van der Waals surface area contributed by atoms with Gasteiger partial charge in [-0.1, -0.05) is 17.7 Å². The van der Waals surface area contributed by atoms with Gasteiger partial charge < -0.3 is 10.6 Å². The van der Waals surface area contributed by atoms with E-state index in [1.807, 2.05) is 49.8 Å². The van der Waals surface area contributed by atoms with Crippen LogP contribution in [0.1, 0.15) is 11.1 Å². The van der Waals surface area contributed by atoms with E-state index in [1.165, 1.54) is 5.56 Å². The molecule has 0 saturated carbocycles. The standard InChI is InChI=1S/C15H18ClN3/c1-19(9-6-12-4-7-18-8-5-12)15-3-2-13(11-17)10-14(15)16/h2-5,7-8,10H,6,9,11,17H2,1H3. The molecular weight excluding hydrogens is 258 g/mol. The molecule has 0 radical (unpaired) electrons. The Morgan fingerprint density at radius 1 is 1.16 bits per heavy atom. The largest absolute Gasteiger partial charge is 0.373 e. The van der Waals surface area contributed by atoms with E-state index < -0.39 is 0 Å². The molecule has 0 saturated heterocycles. The Hall–Kier alpha value is -1.58. The van der Waals surface area contributed by atoms with Crippen LogP contribution in [0.15, 0.2) is 42.7 Å². The van der Waals surface area contributed by atoms with Gasteiger partial charge in [-0.25, -0.2) is 0 Å². The number of halogens is 1.